The van der Waals surface area contributed by atoms with Crippen molar-refractivity contribution in [3.63, 3.8) is 0 Å². The zero-order chi connectivity index (χ0) is 62.3. The monoisotopic (exact) mass is 1210 g/mol. The summed E-state index contributed by atoms with van der Waals surface area (Å²) in [5.74, 6) is -6.43. The third-order valence-electron chi connectivity index (χ3n) is 11.5. The van der Waals surface area contributed by atoms with Crippen LogP contribution in [0.2, 0.25) is 0 Å². The van der Waals surface area contributed by atoms with Crippen LogP contribution in [0.25, 0.3) is 0 Å². The Labute approximate surface area is 488 Å². The molecule has 2 aromatic carbocycles. The van der Waals surface area contributed by atoms with Gasteiger partial charge < -0.3 is 103 Å². The first-order chi connectivity index (χ1) is 40.6. The van der Waals surface area contributed by atoms with Gasteiger partial charge in [-0.1, -0.05) is 30.3 Å². The molecule has 2 heterocycles. The van der Waals surface area contributed by atoms with E-state index in [4.69, 9.17) is 71.1 Å². The second-order valence-corrected chi connectivity index (χ2v) is 18.4. The third-order valence-corrected chi connectivity index (χ3v) is 11.5. The van der Waals surface area contributed by atoms with Crippen molar-refractivity contribution in [1.82, 2.24) is 16.0 Å². The Morgan fingerprint density at radius 2 is 0.918 bits per heavy atom. The van der Waals surface area contributed by atoms with Crippen LogP contribution in [0.1, 0.15) is 67.8 Å². The average Bonchev–Trinajstić information content (AvgIpc) is 3.59. The molecule has 2 fully saturated rings. The first-order valence-electron chi connectivity index (χ1n) is 26.7. The zero-order valence-electron chi connectivity index (χ0n) is 47.8. The van der Waals surface area contributed by atoms with Gasteiger partial charge in [0, 0.05) is 71.4 Å². The number of carbonyl (C=O) groups is 10. The molecule has 0 aromatic heterocycles. The van der Waals surface area contributed by atoms with Crippen LogP contribution in [0.3, 0.4) is 0 Å². The normalized spacial score (nSPS) is 21.6. The molecule has 0 unspecified atom stereocenters. The van der Waals surface area contributed by atoms with Crippen molar-refractivity contribution < 1.29 is 129 Å². The Kier molecular flexibility index (Phi) is 31.1. The lowest BCUT2D eigenvalue weighted by Gasteiger charge is -2.42. The summed E-state index contributed by atoms with van der Waals surface area (Å²) in [7, 11) is 0. The van der Waals surface area contributed by atoms with Gasteiger partial charge in [0.2, 0.25) is 5.91 Å². The first kappa shape index (κ1) is 70.0. The number of aliphatic hydroxyl groups is 2. The molecule has 0 saturated carbocycles. The summed E-state index contributed by atoms with van der Waals surface area (Å²) < 4.78 is 81.1. The fourth-order valence-corrected chi connectivity index (χ4v) is 7.89. The van der Waals surface area contributed by atoms with Crippen molar-refractivity contribution in [3.8, 4) is 0 Å². The van der Waals surface area contributed by atoms with Crippen molar-refractivity contribution in [2.45, 2.75) is 110 Å². The summed E-state index contributed by atoms with van der Waals surface area (Å²) in [6.45, 7) is 5.30. The topological polar surface area (TPSA) is 398 Å². The van der Waals surface area contributed by atoms with Gasteiger partial charge in [0.05, 0.1) is 66.1 Å². The zero-order valence-corrected chi connectivity index (χ0v) is 47.8. The van der Waals surface area contributed by atoms with Crippen LogP contribution in [-0.4, -0.2) is 230 Å². The van der Waals surface area contributed by atoms with E-state index in [1.165, 1.54) is 18.2 Å². The molecule has 2 saturated heterocycles. The van der Waals surface area contributed by atoms with Gasteiger partial charge in [0.25, 0.3) is 11.8 Å². The lowest BCUT2D eigenvalue weighted by atomic mass is 9.98. The third kappa shape index (κ3) is 26.6. The minimum atomic E-state index is -1.61. The highest BCUT2D eigenvalue weighted by Gasteiger charge is 2.51. The number of esters is 6. The van der Waals surface area contributed by atoms with Crippen LogP contribution in [0.15, 0.2) is 48.5 Å². The highest BCUT2D eigenvalue weighted by molar-refractivity contribution is 6.03. The first-order valence-corrected chi connectivity index (χ1v) is 26.7. The maximum atomic E-state index is 13.4. The van der Waals surface area contributed by atoms with Crippen LogP contribution < -0.4 is 21.3 Å². The van der Waals surface area contributed by atoms with E-state index in [1.54, 1.807) is 30.3 Å². The number of alkyl carbamates (subject to hydrolysis) is 1. The second kappa shape index (κ2) is 37.8. The highest BCUT2D eigenvalue weighted by Crippen LogP contribution is 2.29. The molecule has 85 heavy (non-hydrogen) atoms. The number of rotatable bonds is 35. The number of anilines is 1. The predicted octanol–water partition coefficient (Wildman–Crippen LogP) is -0.865. The summed E-state index contributed by atoms with van der Waals surface area (Å²) in [4.78, 5) is 122. The van der Waals surface area contributed by atoms with Gasteiger partial charge in [-0.05, 0) is 23.8 Å². The van der Waals surface area contributed by atoms with Gasteiger partial charge >= 0.3 is 41.9 Å². The Bertz CT molecular complexity index is 2500. The van der Waals surface area contributed by atoms with Crippen molar-refractivity contribution in [1.29, 1.82) is 0 Å². The Balaban J connectivity index is 1.23. The molecular weight excluding hydrogens is 1140 g/mol. The van der Waals surface area contributed by atoms with Gasteiger partial charge in [-0.25, -0.2) is 4.79 Å². The quantitative estimate of drug-likeness (QED) is 0.0278. The molecule has 472 valence electrons. The van der Waals surface area contributed by atoms with Gasteiger partial charge in [0.1, 0.15) is 50.8 Å². The van der Waals surface area contributed by atoms with E-state index in [9.17, 15) is 58.2 Å². The molecule has 31 nitrogen and oxygen atoms in total. The number of ether oxygens (including phenoxy) is 15. The molecule has 0 spiro atoms. The number of benzene rings is 2. The number of hydrogen-bond donors (Lipinski definition) is 6. The molecule has 31 heteroatoms. The van der Waals surface area contributed by atoms with E-state index < -0.39 is 141 Å². The second-order valence-electron chi connectivity index (χ2n) is 18.4. The van der Waals surface area contributed by atoms with Gasteiger partial charge in [-0.2, -0.15) is 0 Å². The molecule has 2 aromatic rings. The summed E-state index contributed by atoms with van der Waals surface area (Å²) >= 11 is 0. The molecule has 6 N–H and O–H groups in total. The largest absolute Gasteiger partial charge is 0.463 e. The number of nitrogens with one attached hydrogen (secondary N) is 4. The Hall–Kier alpha value is -7.46. The van der Waals surface area contributed by atoms with Crippen molar-refractivity contribution in [2.24, 2.45) is 0 Å². The Morgan fingerprint density at radius 1 is 0.471 bits per heavy atom. The van der Waals surface area contributed by atoms with E-state index in [0.29, 0.717) is 0 Å². The van der Waals surface area contributed by atoms with Gasteiger partial charge in [0.15, 0.2) is 37.0 Å². The van der Waals surface area contributed by atoms with E-state index in [1.807, 2.05) is 0 Å². The predicted molar refractivity (Wildman–Crippen MR) is 284 cm³/mol. The lowest BCUT2D eigenvalue weighted by molar-refractivity contribution is -0.307. The SMILES string of the molecule is CC(=O)OC[C@H]1O[C@H](OCCOCCOCCNC(=O)c2cc(NC(=O)CNC(=O)OCc3ccccc3)cc(C(=O)NCCOCCOCCO[C@H]3O[C@H](COC(C)=O)[C@@H](OC(C)=O)[C@H](OC(C)=O)[C@@H]3O)c2)[C@@H](OC(C)=O)[C@@H](OC(C)=O)[C@@H]1O. The molecule has 0 aliphatic carbocycles. The molecule has 0 bridgehead atoms. The van der Waals surface area contributed by atoms with Crippen molar-refractivity contribution in [3.05, 3.63) is 65.2 Å². The maximum absolute atomic E-state index is 13.4. The Morgan fingerprint density at radius 3 is 1.44 bits per heavy atom. The van der Waals surface area contributed by atoms with Crippen LogP contribution in [-0.2, 0) is 111 Å². The smallest absolute Gasteiger partial charge is 0.407 e. The van der Waals surface area contributed by atoms with E-state index in [2.05, 4.69) is 21.3 Å². The molecule has 4 rings (SSSR count). The fraction of sp³-hybridized carbons (Fsp3) is 0.593. The number of amides is 4. The fourth-order valence-electron chi connectivity index (χ4n) is 7.89. The molecular formula is C54H74N4O27. The summed E-state index contributed by atoms with van der Waals surface area (Å²) in [5.41, 5.74) is 0.721. The van der Waals surface area contributed by atoms with E-state index in [0.717, 1.165) is 47.1 Å². The minimum Gasteiger partial charge on any atom is -0.463 e. The van der Waals surface area contributed by atoms with Crippen LogP contribution in [0.4, 0.5) is 10.5 Å². The molecule has 2 aliphatic heterocycles. The molecule has 0 radical (unpaired) electrons. The lowest BCUT2D eigenvalue weighted by Crippen LogP contribution is -2.62. The van der Waals surface area contributed by atoms with Crippen molar-refractivity contribution >= 4 is 65.3 Å². The van der Waals surface area contributed by atoms with Crippen LogP contribution in [0, 0.1) is 0 Å². The van der Waals surface area contributed by atoms with E-state index >= 15 is 0 Å². The van der Waals surface area contributed by atoms with Crippen LogP contribution in [0.5, 0.6) is 0 Å². The van der Waals surface area contributed by atoms with E-state index in [-0.39, 0.29) is 103 Å². The maximum Gasteiger partial charge on any atom is 0.407 e. The number of aliphatic hydroxyl groups excluding tert-OH is 2. The number of hydrogen-bond acceptors (Lipinski definition) is 27. The summed E-state index contributed by atoms with van der Waals surface area (Å²) in [6, 6.07) is 12.8. The van der Waals surface area contributed by atoms with Gasteiger partial charge in [-0.15, -0.1) is 0 Å². The standard InChI is InChI=1S/C54H74N4O27/c1-31(59)77-29-41-44(66)47(81-34(4)62)49(83-36(6)64)53(84-41)76-23-21-74-19-17-72-15-13-56-51(69)39-24-38(25-40(26-39)58-43(65)27-57-54(70)79-28-37-10-8-7-9-11-37)50(68)55-12-14-71-16-18-73-20-22-75-52-45(67)48(82-35(5)63)46(80-33(3)61)42(85-52)30-78-32(2)60/h7-11,24-26,41-42,44-49,52-53,66-67H,12-23,27-30H2,1-6H3,(H,55,68)(H,56,69)(H,57,70)(H,58,65)/t41-,42-,44-,45+,46-,47+,48-,49+,52+,53+/m1/s1. The minimum absolute atomic E-state index is 0.000399. The summed E-state index contributed by atoms with van der Waals surface area (Å²) in [6.07, 6.45) is -14.7. The molecule has 10 atom stereocenters. The molecule has 2 aliphatic rings. The van der Waals surface area contributed by atoms with Gasteiger partial charge in [-0.3, -0.25) is 43.2 Å². The average molecular weight is 1210 g/mol. The number of carbonyl (C=O) groups excluding carboxylic acids is 10. The van der Waals surface area contributed by atoms with Crippen molar-refractivity contribution in [2.75, 3.05) is 104 Å². The molecule has 4 amide bonds. The highest BCUT2D eigenvalue weighted by atomic mass is 16.7. The summed E-state index contributed by atoms with van der Waals surface area (Å²) in [5, 5.41) is 32.0. The van der Waals surface area contributed by atoms with Crippen LogP contribution >= 0.6 is 0 Å².